The third kappa shape index (κ3) is 5.12. The van der Waals surface area contributed by atoms with Crippen molar-refractivity contribution in [2.75, 3.05) is 26.2 Å². The van der Waals surface area contributed by atoms with Gasteiger partial charge in [0.05, 0.1) is 23.0 Å². The number of hydrogen-bond donors (Lipinski definition) is 0. The molecule has 4 rings (SSSR count). The number of nitrogens with zero attached hydrogens (tertiary/aromatic N) is 4. The Morgan fingerprint density at radius 3 is 2.29 bits per heavy atom. The fraction of sp³-hybridized carbons (Fsp3) is 0.333. The number of hydrogen-bond acceptors (Lipinski definition) is 3. The first kappa shape index (κ1) is 21.9. The van der Waals surface area contributed by atoms with Crippen molar-refractivity contribution in [3.8, 4) is 0 Å². The zero-order valence-corrected chi connectivity index (χ0v) is 19.3. The molecule has 1 saturated heterocycles. The predicted molar refractivity (Wildman–Crippen MR) is 125 cm³/mol. The second-order valence-electron chi connectivity index (χ2n) is 8.04. The molecule has 1 amide bonds. The Labute approximate surface area is 193 Å². The van der Waals surface area contributed by atoms with E-state index in [9.17, 15) is 4.79 Å². The molecule has 0 saturated carbocycles. The Kier molecular flexibility index (Phi) is 6.65. The van der Waals surface area contributed by atoms with Gasteiger partial charge in [0.15, 0.2) is 0 Å². The predicted octanol–water partition coefficient (Wildman–Crippen LogP) is 4.81. The topological polar surface area (TPSA) is 41.4 Å². The third-order valence-corrected chi connectivity index (χ3v) is 6.58. The van der Waals surface area contributed by atoms with Crippen LogP contribution in [0.4, 0.5) is 0 Å². The number of aryl methyl sites for hydroxylation is 1. The molecular weight excluding hydrogens is 431 g/mol. The molecule has 0 N–H and O–H groups in total. The van der Waals surface area contributed by atoms with Crippen LogP contribution in [0.5, 0.6) is 0 Å². The average Bonchev–Trinajstić information content (AvgIpc) is 3.02. The first-order chi connectivity index (χ1) is 14.9. The minimum atomic E-state index is 0.0828. The van der Waals surface area contributed by atoms with E-state index in [0.717, 1.165) is 60.3 Å². The molecule has 0 aliphatic carbocycles. The van der Waals surface area contributed by atoms with E-state index in [1.807, 2.05) is 59.8 Å². The Bertz CT molecular complexity index is 1070. The van der Waals surface area contributed by atoms with Crippen molar-refractivity contribution in [3.63, 3.8) is 0 Å². The summed E-state index contributed by atoms with van der Waals surface area (Å²) in [7, 11) is 0. The second-order valence-corrected chi connectivity index (χ2v) is 8.85. The zero-order chi connectivity index (χ0) is 22.0. The average molecular weight is 457 g/mol. The molecule has 162 valence electrons. The van der Waals surface area contributed by atoms with Crippen LogP contribution in [0, 0.1) is 13.8 Å². The summed E-state index contributed by atoms with van der Waals surface area (Å²) in [5, 5.41) is 5.94. The summed E-state index contributed by atoms with van der Waals surface area (Å²) in [4.78, 5) is 17.4. The molecule has 0 bridgehead atoms. The van der Waals surface area contributed by atoms with Crippen molar-refractivity contribution in [3.05, 3.63) is 86.7 Å². The highest BCUT2D eigenvalue weighted by atomic mass is 35.5. The van der Waals surface area contributed by atoms with Gasteiger partial charge in [-0.2, -0.15) is 5.10 Å². The van der Waals surface area contributed by atoms with Crippen LogP contribution in [0.25, 0.3) is 0 Å². The Morgan fingerprint density at radius 2 is 1.65 bits per heavy atom. The molecule has 0 spiro atoms. The van der Waals surface area contributed by atoms with Crippen LogP contribution in [0.3, 0.4) is 0 Å². The van der Waals surface area contributed by atoms with E-state index in [1.54, 1.807) is 0 Å². The van der Waals surface area contributed by atoms with Crippen molar-refractivity contribution in [1.29, 1.82) is 0 Å². The van der Waals surface area contributed by atoms with Crippen molar-refractivity contribution < 1.29 is 4.79 Å². The molecule has 5 nitrogen and oxygen atoms in total. The van der Waals surface area contributed by atoms with Crippen molar-refractivity contribution in [2.24, 2.45) is 0 Å². The molecule has 1 aromatic heterocycles. The van der Waals surface area contributed by atoms with Gasteiger partial charge in [0, 0.05) is 43.3 Å². The van der Waals surface area contributed by atoms with E-state index in [4.69, 9.17) is 23.2 Å². The minimum absolute atomic E-state index is 0.0828. The van der Waals surface area contributed by atoms with Gasteiger partial charge in [-0.3, -0.25) is 14.4 Å². The number of piperazine rings is 1. The second kappa shape index (κ2) is 9.43. The molecule has 2 aromatic carbocycles. The molecule has 7 heteroatoms. The fourth-order valence-corrected chi connectivity index (χ4v) is 4.21. The molecule has 0 unspecified atom stereocenters. The quantitative estimate of drug-likeness (QED) is 0.552. The number of amides is 1. The van der Waals surface area contributed by atoms with Crippen LogP contribution in [0.15, 0.2) is 48.5 Å². The lowest BCUT2D eigenvalue weighted by atomic mass is 10.1. The van der Waals surface area contributed by atoms with Crippen molar-refractivity contribution >= 4 is 29.1 Å². The zero-order valence-electron chi connectivity index (χ0n) is 17.8. The van der Waals surface area contributed by atoms with Gasteiger partial charge in [-0.15, -0.1) is 0 Å². The SMILES string of the molecule is Cc1nn(Cc2cccc(C(=O)N3CCN(Cc4ccc(Cl)cc4)CC3)c2)c(C)c1Cl. The van der Waals surface area contributed by atoms with Crippen LogP contribution >= 0.6 is 23.2 Å². The normalized spacial score (nSPS) is 14.8. The monoisotopic (exact) mass is 456 g/mol. The smallest absolute Gasteiger partial charge is 0.253 e. The molecule has 3 aromatic rings. The molecule has 1 aliphatic heterocycles. The molecule has 0 atom stereocenters. The summed E-state index contributed by atoms with van der Waals surface area (Å²) >= 11 is 12.2. The summed E-state index contributed by atoms with van der Waals surface area (Å²) < 4.78 is 1.89. The van der Waals surface area contributed by atoms with Crippen LogP contribution in [0.2, 0.25) is 10.0 Å². The summed E-state index contributed by atoms with van der Waals surface area (Å²) in [6.45, 7) is 8.50. The molecular formula is C24H26Cl2N4O. The van der Waals surface area contributed by atoms with Crippen LogP contribution in [0.1, 0.15) is 32.9 Å². The van der Waals surface area contributed by atoms with Gasteiger partial charge in [-0.05, 0) is 49.2 Å². The number of benzene rings is 2. The Balaban J connectivity index is 1.37. The lowest BCUT2D eigenvalue weighted by Crippen LogP contribution is -2.48. The molecule has 0 radical (unpaired) electrons. The van der Waals surface area contributed by atoms with Crippen molar-refractivity contribution in [2.45, 2.75) is 26.9 Å². The maximum atomic E-state index is 13.1. The highest BCUT2D eigenvalue weighted by Gasteiger charge is 2.22. The van der Waals surface area contributed by atoms with Gasteiger partial charge < -0.3 is 4.90 Å². The number of carbonyl (C=O) groups is 1. The van der Waals surface area contributed by atoms with Gasteiger partial charge in [-0.1, -0.05) is 47.5 Å². The van der Waals surface area contributed by atoms with Gasteiger partial charge in [-0.25, -0.2) is 0 Å². The summed E-state index contributed by atoms with van der Waals surface area (Å²) in [6, 6.07) is 15.8. The van der Waals surface area contributed by atoms with Crippen molar-refractivity contribution in [1.82, 2.24) is 19.6 Å². The highest BCUT2D eigenvalue weighted by Crippen LogP contribution is 2.20. The molecule has 1 aliphatic rings. The Hall–Kier alpha value is -2.34. The third-order valence-electron chi connectivity index (χ3n) is 5.78. The molecule has 31 heavy (non-hydrogen) atoms. The number of halogens is 2. The number of carbonyl (C=O) groups excluding carboxylic acids is 1. The largest absolute Gasteiger partial charge is 0.336 e. The lowest BCUT2D eigenvalue weighted by Gasteiger charge is -2.34. The van der Waals surface area contributed by atoms with Gasteiger partial charge in [0.2, 0.25) is 0 Å². The summed E-state index contributed by atoms with van der Waals surface area (Å²) in [5.74, 6) is 0.0828. The number of rotatable bonds is 5. The lowest BCUT2D eigenvalue weighted by molar-refractivity contribution is 0.0628. The van der Waals surface area contributed by atoms with E-state index < -0.39 is 0 Å². The fourth-order valence-electron chi connectivity index (χ4n) is 3.94. The van der Waals surface area contributed by atoms with E-state index in [0.29, 0.717) is 11.6 Å². The first-order valence-electron chi connectivity index (χ1n) is 10.5. The maximum absolute atomic E-state index is 13.1. The van der Waals surface area contributed by atoms with Gasteiger partial charge in [0.25, 0.3) is 5.91 Å². The summed E-state index contributed by atoms with van der Waals surface area (Å²) in [5.41, 5.74) is 4.75. The van der Waals surface area contributed by atoms with E-state index >= 15 is 0 Å². The van der Waals surface area contributed by atoms with E-state index in [1.165, 1.54) is 5.56 Å². The highest BCUT2D eigenvalue weighted by molar-refractivity contribution is 6.31. The standard InChI is InChI=1S/C24H26Cl2N4O/c1-17-23(26)18(2)30(27-17)16-20-4-3-5-21(14-20)24(31)29-12-10-28(11-13-29)15-19-6-8-22(25)9-7-19/h3-9,14H,10-13,15-16H2,1-2H3. The summed E-state index contributed by atoms with van der Waals surface area (Å²) in [6.07, 6.45) is 0. The maximum Gasteiger partial charge on any atom is 0.253 e. The van der Waals surface area contributed by atoms with Crippen LogP contribution in [-0.2, 0) is 13.1 Å². The number of aromatic nitrogens is 2. The van der Waals surface area contributed by atoms with Gasteiger partial charge in [0.1, 0.15) is 0 Å². The van der Waals surface area contributed by atoms with Crippen LogP contribution < -0.4 is 0 Å². The van der Waals surface area contributed by atoms with E-state index in [2.05, 4.69) is 22.1 Å². The first-order valence-corrected chi connectivity index (χ1v) is 11.2. The van der Waals surface area contributed by atoms with Crippen LogP contribution in [-0.4, -0.2) is 51.7 Å². The molecule has 1 fully saturated rings. The minimum Gasteiger partial charge on any atom is -0.336 e. The molecule has 2 heterocycles. The Morgan fingerprint density at radius 1 is 0.935 bits per heavy atom. The van der Waals surface area contributed by atoms with E-state index in [-0.39, 0.29) is 5.91 Å². The van der Waals surface area contributed by atoms with Gasteiger partial charge >= 0.3 is 0 Å².